The van der Waals surface area contributed by atoms with E-state index in [4.69, 9.17) is 4.74 Å². The van der Waals surface area contributed by atoms with E-state index in [9.17, 15) is 4.79 Å². The lowest BCUT2D eigenvalue weighted by Crippen LogP contribution is -2.33. The van der Waals surface area contributed by atoms with Crippen LogP contribution in [0.4, 0.5) is 0 Å². The van der Waals surface area contributed by atoms with Crippen LogP contribution in [0, 0.1) is 5.92 Å². The maximum absolute atomic E-state index is 12.1. The summed E-state index contributed by atoms with van der Waals surface area (Å²) in [6.07, 6.45) is 2.83. The number of hydrogen-bond donors (Lipinski definition) is 2. The quantitative estimate of drug-likeness (QED) is 0.867. The second-order valence-electron chi connectivity index (χ2n) is 5.46. The second-order valence-corrected chi connectivity index (χ2v) is 5.46. The molecule has 2 rings (SSSR count). The van der Waals surface area contributed by atoms with E-state index in [0.717, 1.165) is 37.2 Å². The smallest absolute Gasteiger partial charge is 0.220 e. The monoisotopic (exact) mass is 276 g/mol. The molecule has 0 saturated carbocycles. The van der Waals surface area contributed by atoms with Gasteiger partial charge in [-0.05, 0) is 56.5 Å². The predicted octanol–water partition coefficient (Wildman–Crippen LogP) is 2.26. The van der Waals surface area contributed by atoms with Gasteiger partial charge in [-0.2, -0.15) is 0 Å². The molecule has 1 heterocycles. The average Bonchev–Trinajstić information content (AvgIpc) is 2.48. The van der Waals surface area contributed by atoms with Crippen LogP contribution in [-0.4, -0.2) is 26.1 Å². The highest BCUT2D eigenvalue weighted by atomic mass is 16.5. The van der Waals surface area contributed by atoms with E-state index in [0.29, 0.717) is 12.3 Å². The third kappa shape index (κ3) is 4.23. The van der Waals surface area contributed by atoms with Crippen LogP contribution < -0.4 is 15.4 Å². The zero-order valence-electron chi connectivity index (χ0n) is 12.3. The van der Waals surface area contributed by atoms with Gasteiger partial charge in [0.25, 0.3) is 0 Å². The molecule has 1 amide bonds. The maximum Gasteiger partial charge on any atom is 0.220 e. The molecule has 1 aromatic rings. The number of benzene rings is 1. The Labute approximate surface area is 120 Å². The van der Waals surface area contributed by atoms with Gasteiger partial charge in [-0.25, -0.2) is 0 Å². The minimum Gasteiger partial charge on any atom is -0.497 e. The van der Waals surface area contributed by atoms with Crippen molar-refractivity contribution in [2.24, 2.45) is 5.92 Å². The molecule has 0 aliphatic carbocycles. The van der Waals surface area contributed by atoms with Gasteiger partial charge in [-0.3, -0.25) is 4.79 Å². The first-order valence-corrected chi connectivity index (χ1v) is 7.33. The Bertz CT molecular complexity index is 442. The lowest BCUT2D eigenvalue weighted by molar-refractivity contribution is -0.122. The van der Waals surface area contributed by atoms with E-state index < -0.39 is 0 Å². The van der Waals surface area contributed by atoms with Crippen molar-refractivity contribution < 1.29 is 9.53 Å². The van der Waals surface area contributed by atoms with Gasteiger partial charge in [0.2, 0.25) is 5.91 Å². The number of ether oxygens (including phenoxy) is 1. The van der Waals surface area contributed by atoms with Gasteiger partial charge in [0, 0.05) is 6.42 Å². The van der Waals surface area contributed by atoms with Gasteiger partial charge in [-0.1, -0.05) is 12.1 Å². The van der Waals surface area contributed by atoms with Crippen molar-refractivity contribution in [1.82, 2.24) is 10.6 Å². The van der Waals surface area contributed by atoms with Crippen molar-refractivity contribution in [3.05, 3.63) is 29.8 Å². The number of amides is 1. The standard InChI is InChI=1S/C16H24N2O2/c1-12(14-4-3-5-15(11-14)20-2)18-16(19)10-13-6-8-17-9-7-13/h3-5,11-13,17H,6-10H2,1-2H3,(H,18,19)/t12-/m1/s1. The normalized spacial score (nSPS) is 17.5. The first-order valence-electron chi connectivity index (χ1n) is 7.33. The summed E-state index contributed by atoms with van der Waals surface area (Å²) in [4.78, 5) is 12.1. The number of methoxy groups -OCH3 is 1. The molecule has 20 heavy (non-hydrogen) atoms. The van der Waals surface area contributed by atoms with Gasteiger partial charge in [0.05, 0.1) is 13.2 Å². The van der Waals surface area contributed by atoms with Gasteiger partial charge in [0.15, 0.2) is 0 Å². The molecule has 0 bridgehead atoms. The molecular weight excluding hydrogens is 252 g/mol. The van der Waals surface area contributed by atoms with Crippen molar-refractivity contribution in [1.29, 1.82) is 0 Å². The molecule has 0 spiro atoms. The van der Waals surface area contributed by atoms with Crippen molar-refractivity contribution in [3.63, 3.8) is 0 Å². The Morgan fingerprint density at radius 3 is 2.90 bits per heavy atom. The van der Waals surface area contributed by atoms with Crippen LogP contribution in [0.25, 0.3) is 0 Å². The van der Waals surface area contributed by atoms with Crippen LogP contribution in [0.15, 0.2) is 24.3 Å². The summed E-state index contributed by atoms with van der Waals surface area (Å²) >= 11 is 0. The zero-order chi connectivity index (χ0) is 14.4. The lowest BCUT2D eigenvalue weighted by atomic mass is 9.94. The Hall–Kier alpha value is -1.55. The molecule has 1 atom stereocenters. The highest BCUT2D eigenvalue weighted by Gasteiger charge is 2.18. The molecule has 4 nitrogen and oxygen atoms in total. The number of carbonyl (C=O) groups excluding carboxylic acids is 1. The maximum atomic E-state index is 12.1. The van der Waals surface area contributed by atoms with Crippen molar-refractivity contribution in [2.75, 3.05) is 20.2 Å². The van der Waals surface area contributed by atoms with E-state index in [1.165, 1.54) is 0 Å². The first-order chi connectivity index (χ1) is 9.69. The summed E-state index contributed by atoms with van der Waals surface area (Å²) in [5.74, 6) is 1.49. The minimum absolute atomic E-state index is 0.0133. The SMILES string of the molecule is COc1cccc([C@@H](C)NC(=O)CC2CCNCC2)c1. The number of nitrogens with one attached hydrogen (secondary N) is 2. The topological polar surface area (TPSA) is 50.4 Å². The fraction of sp³-hybridized carbons (Fsp3) is 0.562. The van der Waals surface area contributed by atoms with E-state index in [1.807, 2.05) is 31.2 Å². The van der Waals surface area contributed by atoms with Gasteiger partial charge < -0.3 is 15.4 Å². The van der Waals surface area contributed by atoms with Crippen LogP contribution in [0.1, 0.15) is 37.8 Å². The van der Waals surface area contributed by atoms with Crippen molar-refractivity contribution in [3.8, 4) is 5.75 Å². The molecule has 1 aromatic carbocycles. The molecule has 0 aromatic heterocycles. The highest BCUT2D eigenvalue weighted by molar-refractivity contribution is 5.76. The Balaban J connectivity index is 1.86. The zero-order valence-corrected chi connectivity index (χ0v) is 12.3. The van der Waals surface area contributed by atoms with Crippen LogP contribution in [0.3, 0.4) is 0 Å². The molecule has 4 heteroatoms. The molecule has 0 unspecified atom stereocenters. The van der Waals surface area contributed by atoms with Crippen LogP contribution in [0.5, 0.6) is 5.75 Å². The van der Waals surface area contributed by atoms with E-state index in [2.05, 4.69) is 10.6 Å². The van der Waals surface area contributed by atoms with E-state index in [1.54, 1.807) is 7.11 Å². The lowest BCUT2D eigenvalue weighted by Gasteiger charge is -2.23. The Kier molecular flexibility index (Phi) is 5.41. The van der Waals surface area contributed by atoms with Gasteiger partial charge in [0.1, 0.15) is 5.75 Å². The van der Waals surface area contributed by atoms with E-state index in [-0.39, 0.29) is 11.9 Å². The van der Waals surface area contributed by atoms with Crippen LogP contribution in [-0.2, 0) is 4.79 Å². The van der Waals surface area contributed by atoms with Gasteiger partial charge >= 0.3 is 0 Å². The summed E-state index contributed by atoms with van der Waals surface area (Å²) < 4.78 is 5.21. The highest BCUT2D eigenvalue weighted by Crippen LogP contribution is 2.20. The largest absolute Gasteiger partial charge is 0.497 e. The Morgan fingerprint density at radius 2 is 2.20 bits per heavy atom. The molecule has 1 fully saturated rings. The van der Waals surface area contributed by atoms with Crippen molar-refractivity contribution >= 4 is 5.91 Å². The molecule has 0 radical (unpaired) electrons. The van der Waals surface area contributed by atoms with Crippen LogP contribution in [0.2, 0.25) is 0 Å². The molecule has 1 saturated heterocycles. The van der Waals surface area contributed by atoms with Crippen molar-refractivity contribution in [2.45, 2.75) is 32.2 Å². The third-order valence-electron chi connectivity index (χ3n) is 3.90. The molecule has 1 aliphatic heterocycles. The predicted molar refractivity (Wildman–Crippen MR) is 79.8 cm³/mol. The fourth-order valence-corrected chi connectivity index (χ4v) is 2.64. The number of carbonyl (C=O) groups is 1. The first kappa shape index (κ1) is 14.9. The fourth-order valence-electron chi connectivity index (χ4n) is 2.64. The molecule has 110 valence electrons. The average molecular weight is 276 g/mol. The third-order valence-corrected chi connectivity index (χ3v) is 3.90. The summed E-state index contributed by atoms with van der Waals surface area (Å²) in [6.45, 7) is 4.07. The number of piperidine rings is 1. The summed E-state index contributed by atoms with van der Waals surface area (Å²) in [6, 6.07) is 7.85. The summed E-state index contributed by atoms with van der Waals surface area (Å²) in [7, 11) is 1.65. The molecule has 1 aliphatic rings. The number of hydrogen-bond acceptors (Lipinski definition) is 3. The summed E-state index contributed by atoms with van der Waals surface area (Å²) in [5.41, 5.74) is 1.07. The number of rotatable bonds is 5. The van der Waals surface area contributed by atoms with Crippen LogP contribution >= 0.6 is 0 Å². The van der Waals surface area contributed by atoms with Gasteiger partial charge in [-0.15, -0.1) is 0 Å². The molecular formula is C16H24N2O2. The minimum atomic E-state index is 0.0133. The molecule has 2 N–H and O–H groups in total. The Morgan fingerprint density at radius 1 is 1.45 bits per heavy atom. The van der Waals surface area contributed by atoms with E-state index >= 15 is 0 Å². The second kappa shape index (κ2) is 7.29. The summed E-state index contributed by atoms with van der Waals surface area (Å²) in [5, 5.41) is 6.40.